The molecule has 3 rings (SSSR count). The number of allylic oxidation sites excluding steroid dienone is 1. The highest BCUT2D eigenvalue weighted by Gasteiger charge is 2.22. The fourth-order valence-electron chi connectivity index (χ4n) is 3.26. The molecule has 9 nitrogen and oxygen atoms in total. The van der Waals surface area contributed by atoms with Gasteiger partial charge in [0.2, 0.25) is 5.30 Å². The number of rotatable bonds is 8. The van der Waals surface area contributed by atoms with E-state index in [1.54, 1.807) is 69.6 Å². The third-order valence-electron chi connectivity index (χ3n) is 5.00. The second-order valence-corrected chi connectivity index (χ2v) is 8.14. The normalized spacial score (nSPS) is 12.9. The van der Waals surface area contributed by atoms with E-state index in [-0.39, 0.29) is 16.7 Å². The molecule has 2 unspecified atom stereocenters. The minimum Gasteiger partial charge on any atom is -0.497 e. The summed E-state index contributed by atoms with van der Waals surface area (Å²) in [5.41, 5.74) is 1.10. The Morgan fingerprint density at radius 2 is 1.76 bits per heavy atom. The third kappa shape index (κ3) is 5.70. The predicted octanol–water partition coefficient (Wildman–Crippen LogP) is 3.11. The Labute approximate surface area is 197 Å². The number of carbonyl (C=O) groups excluding carboxylic acids is 1. The summed E-state index contributed by atoms with van der Waals surface area (Å²) in [6.07, 6.45) is 4.48. The van der Waals surface area contributed by atoms with Crippen LogP contribution in [0.25, 0.3) is 5.70 Å². The summed E-state index contributed by atoms with van der Waals surface area (Å²) in [5.74, 6) is 0.272. The summed E-state index contributed by atoms with van der Waals surface area (Å²) in [6.45, 7) is 3.51. The number of nitrogens with one attached hydrogen (secondary N) is 2. The molecule has 1 aromatic heterocycles. The van der Waals surface area contributed by atoms with E-state index in [2.05, 4.69) is 20.3 Å². The number of aromatic amines is 1. The molecule has 1 amide bonds. The fourth-order valence-corrected chi connectivity index (χ4v) is 3.66. The van der Waals surface area contributed by atoms with Crippen LogP contribution in [0.4, 0.5) is 0 Å². The molecule has 3 aromatic rings. The molecule has 3 N–H and O–H groups in total. The number of nitrogens with zero attached hydrogens (tertiary/aromatic N) is 2. The van der Waals surface area contributed by atoms with Gasteiger partial charge in [-0.2, -0.15) is 4.89 Å². The van der Waals surface area contributed by atoms with Crippen LogP contribution in [-0.4, -0.2) is 34.1 Å². The van der Waals surface area contributed by atoms with Gasteiger partial charge in [-0.05, 0) is 53.8 Å². The Morgan fingerprint density at radius 3 is 2.26 bits per heavy atom. The smallest absolute Gasteiger partial charge is 0.497 e. The van der Waals surface area contributed by atoms with Gasteiger partial charge in [0.15, 0.2) is 5.82 Å². The number of benzene rings is 2. The van der Waals surface area contributed by atoms with Crippen molar-refractivity contribution >= 4 is 31.2 Å². The molecule has 10 heteroatoms. The summed E-state index contributed by atoms with van der Waals surface area (Å²) in [5, 5.41) is 3.13. The number of amides is 1. The van der Waals surface area contributed by atoms with Crippen LogP contribution < -0.4 is 20.9 Å². The minimum absolute atomic E-state index is 0.159. The lowest BCUT2D eigenvalue weighted by Crippen LogP contribution is -2.34. The van der Waals surface area contributed by atoms with Gasteiger partial charge in [-0.15, -0.1) is 0 Å². The van der Waals surface area contributed by atoms with Gasteiger partial charge in [-0.1, -0.05) is 30.3 Å². The van der Waals surface area contributed by atoms with Crippen molar-refractivity contribution in [2.24, 2.45) is 4.99 Å². The quantitative estimate of drug-likeness (QED) is 0.336. The average molecular weight is 479 g/mol. The van der Waals surface area contributed by atoms with Gasteiger partial charge in [-0.25, -0.2) is 4.98 Å². The average Bonchev–Trinajstić information content (AvgIpc) is 2.85. The van der Waals surface area contributed by atoms with Crippen LogP contribution in [0.15, 0.2) is 70.6 Å². The van der Waals surface area contributed by atoms with Crippen LogP contribution in [0.3, 0.4) is 0 Å². The number of H-pyrrole nitrogens is 1. The zero-order chi connectivity index (χ0) is 24.7. The van der Waals surface area contributed by atoms with E-state index in [0.29, 0.717) is 17.0 Å². The lowest BCUT2D eigenvalue weighted by atomic mass is 9.98. The van der Waals surface area contributed by atoms with Crippen molar-refractivity contribution in [1.82, 2.24) is 15.3 Å². The highest BCUT2D eigenvalue weighted by molar-refractivity contribution is 7.47. The SMILES string of the molecule is CC=N/C(=C\C)c1ncc(C(=O)NC(c2ccc(OC)cc2)c2ccc([P+](=O)O)cc2)c(=O)[nH]1. The first-order valence-corrected chi connectivity index (χ1v) is 11.5. The van der Waals surface area contributed by atoms with E-state index < -0.39 is 25.5 Å². The molecule has 2 atom stereocenters. The minimum atomic E-state index is -2.48. The molecule has 0 spiro atoms. The number of aliphatic imine (C=N–C) groups is 1. The molecule has 174 valence electrons. The molecule has 0 aliphatic heterocycles. The highest BCUT2D eigenvalue weighted by Crippen LogP contribution is 2.25. The third-order valence-corrected chi connectivity index (χ3v) is 5.74. The monoisotopic (exact) mass is 479 g/mol. The Balaban J connectivity index is 1.96. The summed E-state index contributed by atoms with van der Waals surface area (Å²) < 4.78 is 16.6. The van der Waals surface area contributed by atoms with Crippen LogP contribution >= 0.6 is 8.03 Å². The number of hydrogen-bond acceptors (Lipinski definition) is 6. The van der Waals surface area contributed by atoms with Crippen molar-refractivity contribution in [1.29, 1.82) is 0 Å². The molecular weight excluding hydrogens is 455 g/mol. The number of carbonyl (C=O) groups is 1. The van der Waals surface area contributed by atoms with Gasteiger partial charge in [0, 0.05) is 12.4 Å². The molecule has 1 heterocycles. The summed E-state index contributed by atoms with van der Waals surface area (Å²) in [7, 11) is -0.928. The van der Waals surface area contributed by atoms with Gasteiger partial charge >= 0.3 is 8.03 Å². The first-order valence-electron chi connectivity index (χ1n) is 10.3. The molecule has 0 saturated carbocycles. The zero-order valence-electron chi connectivity index (χ0n) is 18.9. The number of aromatic nitrogens is 2. The standard InChI is InChI=1S/C24H23N4O5P/c1-4-20(25-5-2)22-26-14-19(24(30)28-22)23(29)27-21(15-6-10-17(33-3)11-7-15)16-8-12-18(13-9-16)34(31)32/h4-14,21H,1-3H3,(H2-,26,27,28,29,30,31,32)/p+1/b20-4-,25-5?. The molecule has 2 aromatic carbocycles. The van der Waals surface area contributed by atoms with E-state index in [1.165, 1.54) is 18.3 Å². The summed E-state index contributed by atoms with van der Waals surface area (Å²) in [6, 6.07) is 12.8. The molecule has 0 bridgehead atoms. The van der Waals surface area contributed by atoms with E-state index in [9.17, 15) is 19.0 Å². The van der Waals surface area contributed by atoms with Crippen LogP contribution in [-0.2, 0) is 4.57 Å². The molecule has 34 heavy (non-hydrogen) atoms. The van der Waals surface area contributed by atoms with E-state index in [1.807, 2.05) is 0 Å². The van der Waals surface area contributed by atoms with E-state index in [4.69, 9.17) is 4.74 Å². The first-order chi connectivity index (χ1) is 16.4. The molecular formula is C24H24N4O5P+. The van der Waals surface area contributed by atoms with Crippen LogP contribution in [0.2, 0.25) is 0 Å². The van der Waals surface area contributed by atoms with Gasteiger partial charge < -0.3 is 15.0 Å². The van der Waals surface area contributed by atoms with Crippen molar-refractivity contribution < 1.29 is 19.0 Å². The number of ether oxygens (including phenoxy) is 1. The fraction of sp³-hybridized carbons (Fsp3) is 0.167. The Kier molecular flexibility index (Phi) is 8.19. The lowest BCUT2D eigenvalue weighted by molar-refractivity contribution is 0.0941. The maximum Gasteiger partial charge on any atom is 0.546 e. The zero-order valence-corrected chi connectivity index (χ0v) is 19.7. The van der Waals surface area contributed by atoms with E-state index in [0.717, 1.165) is 5.56 Å². The maximum atomic E-state index is 13.1. The largest absolute Gasteiger partial charge is 0.546 e. The number of hydrogen-bond donors (Lipinski definition) is 3. The highest BCUT2D eigenvalue weighted by atomic mass is 31.1. The van der Waals surface area contributed by atoms with Crippen molar-refractivity contribution in [3.05, 3.63) is 93.7 Å². The van der Waals surface area contributed by atoms with Crippen LogP contribution in [0.1, 0.15) is 47.2 Å². The Morgan fingerprint density at radius 1 is 1.15 bits per heavy atom. The summed E-state index contributed by atoms with van der Waals surface area (Å²) in [4.78, 5) is 46.0. The molecule has 0 fully saturated rings. The summed E-state index contributed by atoms with van der Waals surface area (Å²) >= 11 is 0. The second-order valence-electron chi connectivity index (χ2n) is 7.08. The number of methoxy groups -OCH3 is 1. The Hall–Kier alpha value is -3.94. The maximum absolute atomic E-state index is 13.1. The lowest BCUT2D eigenvalue weighted by Gasteiger charge is -2.20. The van der Waals surface area contributed by atoms with Crippen molar-refractivity contribution in [3.8, 4) is 5.75 Å². The van der Waals surface area contributed by atoms with Crippen molar-refractivity contribution in [2.45, 2.75) is 19.9 Å². The van der Waals surface area contributed by atoms with Crippen LogP contribution in [0.5, 0.6) is 5.75 Å². The van der Waals surface area contributed by atoms with Crippen molar-refractivity contribution in [2.75, 3.05) is 7.11 Å². The molecule has 0 saturated heterocycles. The molecule has 0 aliphatic rings. The molecule has 0 aliphatic carbocycles. The predicted molar refractivity (Wildman–Crippen MR) is 131 cm³/mol. The first kappa shape index (κ1) is 24.7. The van der Waals surface area contributed by atoms with Gasteiger partial charge in [0.1, 0.15) is 17.0 Å². The Bertz CT molecular complexity index is 1300. The van der Waals surface area contributed by atoms with Gasteiger partial charge in [-0.3, -0.25) is 14.6 Å². The van der Waals surface area contributed by atoms with Gasteiger partial charge in [0.25, 0.3) is 11.5 Å². The second kappa shape index (κ2) is 11.3. The van der Waals surface area contributed by atoms with Gasteiger partial charge in [0.05, 0.1) is 13.2 Å². The van der Waals surface area contributed by atoms with E-state index >= 15 is 0 Å². The molecule has 0 radical (unpaired) electrons. The topological polar surface area (TPSA) is 134 Å². The van der Waals surface area contributed by atoms with Crippen LogP contribution in [0, 0.1) is 0 Å². The van der Waals surface area contributed by atoms with Crippen molar-refractivity contribution in [3.63, 3.8) is 0 Å².